The highest BCUT2D eigenvalue weighted by Gasteiger charge is 2.13. The first kappa shape index (κ1) is 9.71. The van der Waals surface area contributed by atoms with E-state index in [1.54, 1.807) is 4.52 Å². The molecule has 1 unspecified atom stereocenters. The highest BCUT2D eigenvalue weighted by Crippen LogP contribution is 2.18. The Bertz CT molecular complexity index is 457. The number of aromatic nitrogens is 2. The van der Waals surface area contributed by atoms with E-state index in [0.717, 1.165) is 11.2 Å². The standard InChI is InChI=1S/C11H12N2O2/c1-8(6-11(14)15)10-7-9-4-2-3-5-13(9)12-10/h2-5,7-8H,6H2,1H3,(H,14,15). The Morgan fingerprint density at radius 1 is 1.60 bits per heavy atom. The number of hydrogen-bond acceptors (Lipinski definition) is 2. The van der Waals surface area contributed by atoms with Crippen LogP contribution in [-0.2, 0) is 4.79 Å². The molecular formula is C11H12N2O2. The zero-order valence-corrected chi connectivity index (χ0v) is 8.42. The minimum atomic E-state index is -0.792. The second kappa shape index (κ2) is 3.73. The van der Waals surface area contributed by atoms with Gasteiger partial charge in [0.05, 0.1) is 17.6 Å². The van der Waals surface area contributed by atoms with Crippen molar-refractivity contribution in [2.45, 2.75) is 19.3 Å². The maximum Gasteiger partial charge on any atom is 0.304 e. The average molecular weight is 204 g/mol. The summed E-state index contributed by atoms with van der Waals surface area (Å²) in [5.41, 5.74) is 1.81. The number of carbonyl (C=O) groups is 1. The largest absolute Gasteiger partial charge is 0.481 e. The number of pyridine rings is 1. The molecule has 15 heavy (non-hydrogen) atoms. The number of hydrogen-bond donors (Lipinski definition) is 1. The fourth-order valence-electron chi connectivity index (χ4n) is 1.57. The summed E-state index contributed by atoms with van der Waals surface area (Å²) in [5.74, 6) is -0.845. The first-order valence-corrected chi connectivity index (χ1v) is 4.83. The minimum Gasteiger partial charge on any atom is -0.481 e. The van der Waals surface area contributed by atoms with Crippen LogP contribution >= 0.6 is 0 Å². The first-order valence-electron chi connectivity index (χ1n) is 4.83. The molecule has 0 saturated carbocycles. The van der Waals surface area contributed by atoms with Crippen molar-refractivity contribution in [3.05, 3.63) is 36.2 Å². The summed E-state index contributed by atoms with van der Waals surface area (Å²) in [6.45, 7) is 1.87. The fourth-order valence-corrected chi connectivity index (χ4v) is 1.57. The molecule has 0 radical (unpaired) electrons. The Hall–Kier alpha value is -1.84. The monoisotopic (exact) mass is 204 g/mol. The Labute approximate surface area is 87.2 Å². The molecule has 0 aliphatic carbocycles. The molecule has 0 saturated heterocycles. The lowest BCUT2D eigenvalue weighted by atomic mass is 10.0. The zero-order chi connectivity index (χ0) is 10.8. The predicted molar refractivity (Wildman–Crippen MR) is 55.9 cm³/mol. The Balaban J connectivity index is 2.32. The maximum absolute atomic E-state index is 10.6. The van der Waals surface area contributed by atoms with Gasteiger partial charge in [-0.15, -0.1) is 0 Å². The van der Waals surface area contributed by atoms with E-state index in [1.165, 1.54) is 0 Å². The molecule has 2 aromatic rings. The van der Waals surface area contributed by atoms with Gasteiger partial charge >= 0.3 is 5.97 Å². The maximum atomic E-state index is 10.6. The molecule has 0 aromatic carbocycles. The normalized spacial score (nSPS) is 12.9. The molecule has 2 rings (SSSR count). The SMILES string of the molecule is CC(CC(=O)O)c1cc2ccccn2n1. The van der Waals surface area contributed by atoms with Gasteiger partial charge in [-0.3, -0.25) is 4.79 Å². The lowest BCUT2D eigenvalue weighted by Gasteiger charge is -2.02. The quantitative estimate of drug-likeness (QED) is 0.830. The van der Waals surface area contributed by atoms with Gasteiger partial charge in [-0.05, 0) is 18.2 Å². The summed E-state index contributed by atoms with van der Waals surface area (Å²) >= 11 is 0. The summed E-state index contributed by atoms with van der Waals surface area (Å²) in [6.07, 6.45) is 1.97. The van der Waals surface area contributed by atoms with Crippen LogP contribution in [0.5, 0.6) is 0 Å². The average Bonchev–Trinajstić information content (AvgIpc) is 2.59. The molecule has 0 amide bonds. The van der Waals surface area contributed by atoms with Crippen LogP contribution in [0, 0.1) is 0 Å². The highest BCUT2D eigenvalue weighted by atomic mass is 16.4. The van der Waals surface area contributed by atoms with Gasteiger partial charge < -0.3 is 5.11 Å². The van der Waals surface area contributed by atoms with E-state index in [9.17, 15) is 4.79 Å². The smallest absolute Gasteiger partial charge is 0.304 e. The van der Waals surface area contributed by atoms with Crippen LogP contribution in [0.15, 0.2) is 30.5 Å². The van der Waals surface area contributed by atoms with Crippen molar-refractivity contribution < 1.29 is 9.90 Å². The number of carboxylic acid groups (broad SMARTS) is 1. The highest BCUT2D eigenvalue weighted by molar-refractivity contribution is 5.68. The number of carboxylic acids is 1. The third kappa shape index (κ3) is 1.98. The van der Waals surface area contributed by atoms with Crippen molar-refractivity contribution >= 4 is 11.5 Å². The van der Waals surface area contributed by atoms with Crippen LogP contribution in [0.3, 0.4) is 0 Å². The van der Waals surface area contributed by atoms with Gasteiger partial charge in [-0.2, -0.15) is 5.10 Å². The van der Waals surface area contributed by atoms with Gasteiger partial charge in [0.15, 0.2) is 0 Å². The van der Waals surface area contributed by atoms with E-state index in [0.29, 0.717) is 0 Å². The van der Waals surface area contributed by atoms with E-state index < -0.39 is 5.97 Å². The Morgan fingerprint density at radius 3 is 3.07 bits per heavy atom. The van der Waals surface area contributed by atoms with Crippen LogP contribution in [0.2, 0.25) is 0 Å². The molecule has 1 atom stereocenters. The molecule has 4 nitrogen and oxygen atoms in total. The topological polar surface area (TPSA) is 54.6 Å². The molecule has 1 N–H and O–H groups in total. The lowest BCUT2D eigenvalue weighted by Crippen LogP contribution is -2.03. The van der Waals surface area contributed by atoms with Crippen molar-refractivity contribution in [2.24, 2.45) is 0 Å². The number of nitrogens with zero attached hydrogens (tertiary/aromatic N) is 2. The van der Waals surface area contributed by atoms with Crippen LogP contribution < -0.4 is 0 Å². The number of aliphatic carboxylic acids is 1. The minimum absolute atomic E-state index is 0.0533. The molecule has 0 fully saturated rings. The van der Waals surface area contributed by atoms with Gasteiger partial charge in [0.25, 0.3) is 0 Å². The molecule has 2 aromatic heterocycles. The van der Waals surface area contributed by atoms with E-state index in [2.05, 4.69) is 5.10 Å². The predicted octanol–water partition coefficient (Wildman–Crippen LogP) is 1.91. The molecule has 78 valence electrons. The van der Waals surface area contributed by atoms with E-state index in [1.807, 2.05) is 37.4 Å². The van der Waals surface area contributed by atoms with Crippen LogP contribution in [0.4, 0.5) is 0 Å². The van der Waals surface area contributed by atoms with Gasteiger partial charge in [0.1, 0.15) is 0 Å². The third-order valence-corrected chi connectivity index (χ3v) is 2.37. The second-order valence-electron chi connectivity index (χ2n) is 3.64. The zero-order valence-electron chi connectivity index (χ0n) is 8.42. The van der Waals surface area contributed by atoms with Gasteiger partial charge in [0, 0.05) is 12.1 Å². The van der Waals surface area contributed by atoms with Crippen LogP contribution in [-0.4, -0.2) is 20.7 Å². The molecule has 2 heterocycles. The Kier molecular flexibility index (Phi) is 2.41. The number of rotatable bonds is 3. The van der Waals surface area contributed by atoms with Gasteiger partial charge in [0.2, 0.25) is 0 Å². The van der Waals surface area contributed by atoms with Crippen molar-refractivity contribution in [1.82, 2.24) is 9.61 Å². The summed E-state index contributed by atoms with van der Waals surface area (Å²) in [5, 5.41) is 13.0. The summed E-state index contributed by atoms with van der Waals surface area (Å²) < 4.78 is 1.76. The van der Waals surface area contributed by atoms with Crippen LogP contribution in [0.25, 0.3) is 5.52 Å². The van der Waals surface area contributed by atoms with Gasteiger partial charge in [-0.25, -0.2) is 4.52 Å². The van der Waals surface area contributed by atoms with Crippen molar-refractivity contribution in [3.63, 3.8) is 0 Å². The number of fused-ring (bicyclic) bond motifs is 1. The molecular weight excluding hydrogens is 192 g/mol. The summed E-state index contributed by atoms with van der Waals surface area (Å²) in [6, 6.07) is 7.70. The van der Waals surface area contributed by atoms with E-state index >= 15 is 0 Å². The fraction of sp³-hybridized carbons (Fsp3) is 0.273. The van der Waals surface area contributed by atoms with Crippen molar-refractivity contribution in [3.8, 4) is 0 Å². The third-order valence-electron chi connectivity index (χ3n) is 2.37. The second-order valence-corrected chi connectivity index (χ2v) is 3.64. The molecule has 0 spiro atoms. The van der Waals surface area contributed by atoms with E-state index in [-0.39, 0.29) is 12.3 Å². The summed E-state index contributed by atoms with van der Waals surface area (Å²) in [4.78, 5) is 10.6. The summed E-state index contributed by atoms with van der Waals surface area (Å²) in [7, 11) is 0. The van der Waals surface area contributed by atoms with Gasteiger partial charge in [-0.1, -0.05) is 13.0 Å². The molecule has 0 bridgehead atoms. The van der Waals surface area contributed by atoms with Crippen LogP contribution in [0.1, 0.15) is 25.0 Å². The molecule has 4 heteroatoms. The van der Waals surface area contributed by atoms with Crippen molar-refractivity contribution in [2.75, 3.05) is 0 Å². The Morgan fingerprint density at radius 2 is 2.40 bits per heavy atom. The van der Waals surface area contributed by atoms with Crippen molar-refractivity contribution in [1.29, 1.82) is 0 Å². The first-order chi connectivity index (χ1) is 7.16. The van der Waals surface area contributed by atoms with E-state index in [4.69, 9.17) is 5.11 Å². The molecule has 0 aliphatic heterocycles. The molecule has 0 aliphatic rings. The lowest BCUT2D eigenvalue weighted by molar-refractivity contribution is -0.137.